The van der Waals surface area contributed by atoms with Crippen molar-refractivity contribution in [3.63, 3.8) is 0 Å². The van der Waals surface area contributed by atoms with Gasteiger partial charge in [0.05, 0.1) is 18.5 Å². The van der Waals surface area contributed by atoms with Crippen LogP contribution >= 0.6 is 12.4 Å². The summed E-state index contributed by atoms with van der Waals surface area (Å²) in [5, 5.41) is 5.40. The van der Waals surface area contributed by atoms with Gasteiger partial charge in [-0.15, -0.1) is 12.4 Å². The Bertz CT molecular complexity index is 839. The quantitative estimate of drug-likeness (QED) is 0.642. The number of imidazole rings is 1. The fourth-order valence-electron chi connectivity index (χ4n) is 2.64. The average molecular weight is 411 g/mol. The van der Waals surface area contributed by atoms with Gasteiger partial charge in [0.15, 0.2) is 11.5 Å². The average Bonchev–Trinajstić information content (AvgIpc) is 3.26. The Morgan fingerprint density at radius 2 is 1.96 bits per heavy atom. The smallest absolute Gasteiger partial charge is 0.231 e. The number of hydrogen-bond donors (Lipinski definition) is 2. The summed E-state index contributed by atoms with van der Waals surface area (Å²) in [5.41, 5.74) is 1.72. The van der Waals surface area contributed by atoms with E-state index >= 15 is 0 Å². The third-order valence-electron chi connectivity index (χ3n) is 4.12. The zero-order valence-corrected chi connectivity index (χ0v) is 16.5. The lowest BCUT2D eigenvalue weighted by atomic mass is 10.1. The van der Waals surface area contributed by atoms with E-state index < -0.39 is 0 Å². The molecule has 1 aliphatic rings. The number of halogens is 1. The van der Waals surface area contributed by atoms with Crippen LogP contribution in [0, 0.1) is 0 Å². The molecule has 1 aliphatic heterocycles. The van der Waals surface area contributed by atoms with Crippen molar-refractivity contribution in [2.75, 3.05) is 32.4 Å². The van der Waals surface area contributed by atoms with Crippen LogP contribution in [-0.4, -0.2) is 48.4 Å². The fourth-order valence-corrected chi connectivity index (χ4v) is 2.64. The lowest BCUT2D eigenvalue weighted by molar-refractivity contribution is -0.124. The Hall–Kier alpha value is -2.78. The van der Waals surface area contributed by atoms with Gasteiger partial charge in [-0.3, -0.25) is 14.9 Å². The number of benzene rings is 1. The summed E-state index contributed by atoms with van der Waals surface area (Å²) < 4.78 is 17.3. The van der Waals surface area contributed by atoms with E-state index in [2.05, 4.69) is 15.6 Å². The largest absolute Gasteiger partial charge is 0.454 e. The number of methoxy groups -OCH3 is 1. The van der Waals surface area contributed by atoms with E-state index in [1.54, 1.807) is 24.9 Å². The summed E-state index contributed by atoms with van der Waals surface area (Å²) in [6, 6.07) is 5.61. The van der Waals surface area contributed by atoms with Crippen LogP contribution in [0.4, 0.5) is 5.95 Å². The molecule has 0 saturated carbocycles. The molecule has 10 heteroatoms. The molecule has 0 radical (unpaired) electrons. The molecule has 0 bridgehead atoms. The number of carbonyl (C=O) groups is 2. The number of nitrogens with zero attached hydrogens (tertiary/aromatic N) is 2. The maximum absolute atomic E-state index is 12.1. The van der Waals surface area contributed by atoms with Crippen molar-refractivity contribution in [1.29, 1.82) is 0 Å². The molecule has 152 valence electrons. The van der Waals surface area contributed by atoms with Gasteiger partial charge >= 0.3 is 0 Å². The van der Waals surface area contributed by atoms with Crippen LogP contribution in [0.3, 0.4) is 0 Å². The molecule has 9 nitrogen and oxygen atoms in total. The maximum atomic E-state index is 12.1. The van der Waals surface area contributed by atoms with Crippen molar-refractivity contribution < 1.29 is 23.8 Å². The number of amides is 2. The minimum atomic E-state index is -0.275. The van der Waals surface area contributed by atoms with Crippen LogP contribution in [0.5, 0.6) is 11.5 Å². The van der Waals surface area contributed by atoms with E-state index in [-0.39, 0.29) is 43.9 Å². The molecule has 0 unspecified atom stereocenters. The van der Waals surface area contributed by atoms with Gasteiger partial charge in [-0.05, 0) is 18.2 Å². The first-order chi connectivity index (χ1) is 13.1. The Morgan fingerprint density at radius 3 is 2.75 bits per heavy atom. The number of rotatable bonds is 8. The minimum absolute atomic E-state index is 0. The first kappa shape index (κ1) is 21.5. The standard InChI is InChI=1S/C18H22N4O5.ClH/c1-22-13(12-3-4-14-15(9-12)27-11-26-14)10-20-18(22)21-17(24)6-5-16(23)19-7-8-25-2;/h3-4,9-10H,5-8,11H2,1-2H3,(H,19,23)(H,20,21,24);1H. The Kier molecular flexibility index (Phi) is 7.65. The number of anilines is 1. The molecule has 2 N–H and O–H groups in total. The fraction of sp³-hybridized carbons (Fsp3) is 0.389. The molecule has 0 fully saturated rings. The molecule has 3 rings (SSSR count). The highest BCUT2D eigenvalue weighted by molar-refractivity contribution is 5.92. The van der Waals surface area contributed by atoms with E-state index in [0.29, 0.717) is 30.6 Å². The van der Waals surface area contributed by atoms with Crippen LogP contribution < -0.4 is 20.1 Å². The summed E-state index contributed by atoms with van der Waals surface area (Å²) in [6.07, 6.45) is 1.85. The SMILES string of the molecule is COCCNC(=O)CCC(=O)Nc1ncc(-c2ccc3c(c2)OCO3)n1C.Cl. The van der Waals surface area contributed by atoms with Crippen LogP contribution in [0.25, 0.3) is 11.3 Å². The van der Waals surface area contributed by atoms with Crippen molar-refractivity contribution >= 4 is 30.2 Å². The number of hydrogen-bond acceptors (Lipinski definition) is 6. The Morgan fingerprint density at radius 1 is 1.21 bits per heavy atom. The van der Waals surface area contributed by atoms with Crippen molar-refractivity contribution in [3.8, 4) is 22.8 Å². The zero-order valence-electron chi connectivity index (χ0n) is 15.7. The Labute approximate surface area is 168 Å². The zero-order chi connectivity index (χ0) is 19.2. The molecule has 2 amide bonds. The maximum Gasteiger partial charge on any atom is 0.231 e. The molecule has 0 aliphatic carbocycles. The van der Waals surface area contributed by atoms with Gasteiger partial charge in [-0.1, -0.05) is 0 Å². The highest BCUT2D eigenvalue weighted by atomic mass is 35.5. The molecule has 2 heterocycles. The number of carbonyl (C=O) groups excluding carboxylic acids is 2. The third-order valence-corrected chi connectivity index (χ3v) is 4.12. The van der Waals surface area contributed by atoms with Crippen molar-refractivity contribution in [1.82, 2.24) is 14.9 Å². The van der Waals surface area contributed by atoms with Crippen molar-refractivity contribution in [2.45, 2.75) is 12.8 Å². The molecule has 28 heavy (non-hydrogen) atoms. The van der Waals surface area contributed by atoms with Crippen LogP contribution in [0.1, 0.15) is 12.8 Å². The molecule has 1 aromatic heterocycles. The van der Waals surface area contributed by atoms with E-state index in [4.69, 9.17) is 14.2 Å². The van der Waals surface area contributed by atoms with Gasteiger partial charge in [-0.2, -0.15) is 0 Å². The van der Waals surface area contributed by atoms with Crippen LogP contribution in [0.15, 0.2) is 24.4 Å². The second-order valence-electron chi connectivity index (χ2n) is 5.99. The third kappa shape index (κ3) is 5.14. The van der Waals surface area contributed by atoms with E-state index in [1.807, 2.05) is 18.2 Å². The summed E-state index contributed by atoms with van der Waals surface area (Å²) in [5.74, 6) is 1.33. The first-order valence-electron chi connectivity index (χ1n) is 8.55. The lowest BCUT2D eigenvalue weighted by Crippen LogP contribution is -2.28. The van der Waals surface area contributed by atoms with Gasteiger partial charge in [-0.25, -0.2) is 4.98 Å². The molecule has 1 aromatic carbocycles. The predicted molar refractivity (Wildman–Crippen MR) is 105 cm³/mol. The molecular weight excluding hydrogens is 388 g/mol. The summed E-state index contributed by atoms with van der Waals surface area (Å²) in [4.78, 5) is 28.0. The second kappa shape index (κ2) is 9.95. The van der Waals surface area contributed by atoms with Crippen LogP contribution in [-0.2, 0) is 21.4 Å². The van der Waals surface area contributed by atoms with E-state index in [9.17, 15) is 9.59 Å². The van der Waals surface area contributed by atoms with Crippen LogP contribution in [0.2, 0.25) is 0 Å². The van der Waals surface area contributed by atoms with Gasteiger partial charge in [0, 0.05) is 39.1 Å². The number of aromatic nitrogens is 2. The summed E-state index contributed by atoms with van der Waals surface area (Å²) >= 11 is 0. The number of nitrogens with one attached hydrogen (secondary N) is 2. The van der Waals surface area contributed by atoms with Gasteiger partial charge in [0.25, 0.3) is 0 Å². The predicted octanol–water partition coefficient (Wildman–Crippen LogP) is 1.72. The molecular formula is C18H23ClN4O5. The molecule has 0 atom stereocenters. The number of fused-ring (bicyclic) bond motifs is 1. The van der Waals surface area contributed by atoms with Crippen molar-refractivity contribution in [2.24, 2.45) is 7.05 Å². The first-order valence-corrected chi connectivity index (χ1v) is 8.55. The van der Waals surface area contributed by atoms with Gasteiger partial charge in [0.1, 0.15) is 0 Å². The highest BCUT2D eigenvalue weighted by Crippen LogP contribution is 2.36. The highest BCUT2D eigenvalue weighted by Gasteiger charge is 2.17. The minimum Gasteiger partial charge on any atom is -0.454 e. The topological polar surface area (TPSA) is 104 Å². The molecule has 0 spiro atoms. The Balaban J connectivity index is 0.00000280. The normalized spacial score (nSPS) is 11.6. The van der Waals surface area contributed by atoms with E-state index in [0.717, 1.165) is 11.3 Å². The van der Waals surface area contributed by atoms with Gasteiger partial charge < -0.3 is 24.1 Å². The monoisotopic (exact) mass is 410 g/mol. The summed E-state index contributed by atoms with van der Waals surface area (Å²) in [7, 11) is 3.37. The molecule has 2 aromatic rings. The second-order valence-corrected chi connectivity index (χ2v) is 5.99. The molecule has 0 saturated heterocycles. The lowest BCUT2D eigenvalue weighted by Gasteiger charge is -2.08. The van der Waals surface area contributed by atoms with E-state index in [1.165, 1.54) is 0 Å². The summed E-state index contributed by atoms with van der Waals surface area (Å²) in [6.45, 7) is 1.08. The van der Waals surface area contributed by atoms with Crippen molar-refractivity contribution in [3.05, 3.63) is 24.4 Å². The van der Waals surface area contributed by atoms with Gasteiger partial charge in [0.2, 0.25) is 24.6 Å². The number of ether oxygens (including phenoxy) is 3.